The fraction of sp³-hybridized carbons (Fsp3) is 0.733. The molecule has 3 rings (SSSR count). The molecule has 1 aromatic heterocycles. The summed E-state index contributed by atoms with van der Waals surface area (Å²) >= 11 is 0. The highest BCUT2D eigenvalue weighted by Crippen LogP contribution is 2.30. The number of piperidine rings is 1. The number of hydrogen-bond donors (Lipinski definition) is 1. The Hall–Kier alpha value is -1.54. The van der Waals surface area contributed by atoms with E-state index < -0.39 is 12.0 Å². The van der Waals surface area contributed by atoms with Gasteiger partial charge in [0.25, 0.3) is 5.92 Å². The van der Waals surface area contributed by atoms with Gasteiger partial charge in [-0.2, -0.15) is 0 Å². The van der Waals surface area contributed by atoms with Gasteiger partial charge in [-0.1, -0.05) is 0 Å². The minimum atomic E-state index is -2.60. The van der Waals surface area contributed by atoms with Gasteiger partial charge in [0.2, 0.25) is 5.91 Å². The van der Waals surface area contributed by atoms with Gasteiger partial charge in [-0.05, 0) is 0 Å². The standard InChI is InChI=1S/C15H22F2N4O2/c16-15(17)2-6-20(7-3-15)12-9-21(10-13(12)22)14(23)1-5-19-8-4-18-11-19/h4,8,11-13,22H,1-3,5-7,9-10H2/t12-,13-/m1/s1. The van der Waals surface area contributed by atoms with E-state index in [1.165, 1.54) is 0 Å². The molecule has 8 heteroatoms. The van der Waals surface area contributed by atoms with E-state index in [1.54, 1.807) is 23.6 Å². The first-order valence-electron chi connectivity index (χ1n) is 7.98. The van der Waals surface area contributed by atoms with Crippen LogP contribution in [0.15, 0.2) is 18.7 Å². The lowest BCUT2D eigenvalue weighted by molar-refractivity contribution is -0.131. The molecular formula is C15H22F2N4O2. The minimum Gasteiger partial charge on any atom is -0.390 e. The third-order valence-corrected chi connectivity index (χ3v) is 4.75. The number of imidazole rings is 1. The zero-order chi connectivity index (χ0) is 16.4. The Labute approximate surface area is 133 Å². The molecule has 1 N–H and O–H groups in total. The molecule has 0 spiro atoms. The number of aliphatic hydroxyl groups is 1. The van der Waals surface area contributed by atoms with Crippen molar-refractivity contribution in [2.24, 2.45) is 0 Å². The maximum absolute atomic E-state index is 13.2. The first kappa shape index (κ1) is 16.3. The zero-order valence-corrected chi connectivity index (χ0v) is 12.9. The normalized spacial score (nSPS) is 28.2. The van der Waals surface area contributed by atoms with Gasteiger partial charge in [0.15, 0.2) is 0 Å². The van der Waals surface area contributed by atoms with E-state index in [4.69, 9.17) is 0 Å². The quantitative estimate of drug-likeness (QED) is 0.878. The maximum atomic E-state index is 13.2. The smallest absolute Gasteiger partial charge is 0.250 e. The fourth-order valence-electron chi connectivity index (χ4n) is 3.32. The molecule has 0 aliphatic carbocycles. The summed E-state index contributed by atoms with van der Waals surface area (Å²) in [4.78, 5) is 19.7. The highest BCUT2D eigenvalue weighted by Gasteiger charge is 2.42. The second-order valence-corrected chi connectivity index (χ2v) is 6.38. The summed E-state index contributed by atoms with van der Waals surface area (Å²) in [5.74, 6) is -2.62. The Balaban J connectivity index is 1.50. The third kappa shape index (κ3) is 3.87. The van der Waals surface area contributed by atoms with E-state index in [0.717, 1.165) is 0 Å². The predicted molar refractivity (Wildman–Crippen MR) is 79.0 cm³/mol. The van der Waals surface area contributed by atoms with E-state index in [-0.39, 0.29) is 44.4 Å². The summed E-state index contributed by atoms with van der Waals surface area (Å²) in [6, 6.07) is -0.233. The second-order valence-electron chi connectivity index (χ2n) is 6.38. The molecule has 0 saturated carbocycles. The molecule has 6 nitrogen and oxygen atoms in total. The van der Waals surface area contributed by atoms with Gasteiger partial charge in [0.05, 0.1) is 18.5 Å². The number of aliphatic hydroxyl groups excluding tert-OH is 1. The van der Waals surface area contributed by atoms with Gasteiger partial charge >= 0.3 is 0 Å². The molecule has 0 aromatic carbocycles. The number of halogens is 2. The molecule has 0 bridgehead atoms. The molecule has 1 amide bonds. The van der Waals surface area contributed by atoms with Crippen LogP contribution in [0.25, 0.3) is 0 Å². The Morgan fingerprint density at radius 2 is 2.04 bits per heavy atom. The van der Waals surface area contributed by atoms with Crippen molar-refractivity contribution in [1.29, 1.82) is 0 Å². The molecule has 2 atom stereocenters. The number of carbonyl (C=O) groups excluding carboxylic acids is 1. The molecule has 0 radical (unpaired) electrons. The summed E-state index contributed by atoms with van der Waals surface area (Å²) in [6.45, 7) is 1.78. The van der Waals surface area contributed by atoms with Crippen LogP contribution >= 0.6 is 0 Å². The van der Waals surface area contributed by atoms with Crippen LogP contribution in [0.4, 0.5) is 8.78 Å². The lowest BCUT2D eigenvalue weighted by Crippen LogP contribution is -2.49. The Morgan fingerprint density at radius 3 is 2.70 bits per heavy atom. The topological polar surface area (TPSA) is 61.6 Å². The van der Waals surface area contributed by atoms with Gasteiger partial charge in [-0.3, -0.25) is 9.69 Å². The lowest BCUT2D eigenvalue weighted by atomic mass is 10.0. The van der Waals surface area contributed by atoms with Crippen molar-refractivity contribution in [3.05, 3.63) is 18.7 Å². The van der Waals surface area contributed by atoms with Crippen LogP contribution in [0.1, 0.15) is 19.3 Å². The predicted octanol–water partition coefficient (Wildman–Crippen LogP) is 0.576. The summed E-state index contributed by atoms with van der Waals surface area (Å²) in [7, 11) is 0. The van der Waals surface area contributed by atoms with Crippen molar-refractivity contribution in [3.63, 3.8) is 0 Å². The van der Waals surface area contributed by atoms with E-state index in [9.17, 15) is 18.7 Å². The molecule has 128 valence electrons. The Morgan fingerprint density at radius 1 is 1.30 bits per heavy atom. The van der Waals surface area contributed by atoms with E-state index >= 15 is 0 Å². The van der Waals surface area contributed by atoms with Crippen LogP contribution in [0.3, 0.4) is 0 Å². The monoisotopic (exact) mass is 328 g/mol. The van der Waals surface area contributed by atoms with Crippen LogP contribution in [0.5, 0.6) is 0 Å². The van der Waals surface area contributed by atoms with Crippen molar-refractivity contribution in [3.8, 4) is 0 Å². The molecule has 23 heavy (non-hydrogen) atoms. The largest absolute Gasteiger partial charge is 0.390 e. The lowest BCUT2D eigenvalue weighted by Gasteiger charge is -2.36. The van der Waals surface area contributed by atoms with Gasteiger partial charge in [-0.25, -0.2) is 13.8 Å². The molecule has 2 saturated heterocycles. The van der Waals surface area contributed by atoms with Crippen molar-refractivity contribution in [2.45, 2.75) is 43.9 Å². The third-order valence-electron chi connectivity index (χ3n) is 4.75. The molecular weight excluding hydrogens is 306 g/mol. The van der Waals surface area contributed by atoms with Gasteiger partial charge in [0, 0.05) is 64.4 Å². The molecule has 0 unspecified atom stereocenters. The van der Waals surface area contributed by atoms with Crippen molar-refractivity contribution < 1.29 is 18.7 Å². The number of aryl methyl sites for hydroxylation is 1. The average Bonchev–Trinajstić information content (AvgIpc) is 3.14. The summed E-state index contributed by atoms with van der Waals surface area (Å²) in [6.07, 6.45) is 4.43. The summed E-state index contributed by atoms with van der Waals surface area (Å²) < 4.78 is 28.3. The number of hydrogen-bond acceptors (Lipinski definition) is 4. The van der Waals surface area contributed by atoms with Crippen LogP contribution < -0.4 is 0 Å². The number of nitrogens with zero attached hydrogens (tertiary/aromatic N) is 4. The molecule has 2 aliphatic heterocycles. The average molecular weight is 328 g/mol. The van der Waals surface area contributed by atoms with Crippen LogP contribution in [-0.4, -0.2) is 74.6 Å². The van der Waals surface area contributed by atoms with Gasteiger partial charge in [-0.15, -0.1) is 0 Å². The SMILES string of the molecule is O=C(CCn1ccnc1)N1C[C@@H](O)[C@H](N2CCC(F)(F)CC2)C1. The first-order valence-corrected chi connectivity index (χ1v) is 7.98. The molecule has 3 heterocycles. The van der Waals surface area contributed by atoms with Gasteiger partial charge in [0.1, 0.15) is 0 Å². The molecule has 2 aliphatic rings. The number of carbonyl (C=O) groups is 1. The van der Waals surface area contributed by atoms with Crippen LogP contribution in [-0.2, 0) is 11.3 Å². The highest BCUT2D eigenvalue weighted by atomic mass is 19.3. The molecule has 2 fully saturated rings. The van der Waals surface area contributed by atoms with Crippen LogP contribution in [0.2, 0.25) is 0 Å². The number of aromatic nitrogens is 2. The Kier molecular flexibility index (Phi) is 4.63. The van der Waals surface area contributed by atoms with E-state index in [0.29, 0.717) is 19.5 Å². The Bertz CT molecular complexity index is 528. The van der Waals surface area contributed by atoms with Gasteiger partial charge < -0.3 is 14.6 Å². The highest BCUT2D eigenvalue weighted by molar-refractivity contribution is 5.76. The minimum absolute atomic E-state index is 0.0254. The number of rotatable bonds is 4. The summed E-state index contributed by atoms with van der Waals surface area (Å²) in [5.41, 5.74) is 0. The molecule has 1 aromatic rings. The zero-order valence-electron chi connectivity index (χ0n) is 12.9. The first-order chi connectivity index (χ1) is 10.9. The van der Waals surface area contributed by atoms with Crippen molar-refractivity contribution in [2.75, 3.05) is 26.2 Å². The summed E-state index contributed by atoms with van der Waals surface area (Å²) in [5, 5.41) is 10.2. The maximum Gasteiger partial charge on any atom is 0.250 e. The van der Waals surface area contributed by atoms with E-state index in [1.807, 2.05) is 9.47 Å². The van der Waals surface area contributed by atoms with Crippen LogP contribution in [0, 0.1) is 0 Å². The number of likely N-dealkylation sites (tertiary alicyclic amines) is 2. The number of β-amino-alcohol motifs (C(OH)–C–C–N with tert-alkyl or cyclic N) is 1. The van der Waals surface area contributed by atoms with Crippen molar-refractivity contribution >= 4 is 5.91 Å². The van der Waals surface area contributed by atoms with Crippen molar-refractivity contribution in [1.82, 2.24) is 19.4 Å². The second kappa shape index (κ2) is 6.52. The number of alkyl halides is 2. The van der Waals surface area contributed by atoms with E-state index in [2.05, 4.69) is 4.98 Å². The fourth-order valence-corrected chi connectivity index (χ4v) is 3.32. The number of amides is 1.